The van der Waals surface area contributed by atoms with E-state index in [0.29, 0.717) is 6.04 Å². The number of hydrogen-bond donors (Lipinski definition) is 1. The first-order valence-corrected chi connectivity index (χ1v) is 8.92. The topological polar surface area (TPSA) is 55.0 Å². The fourth-order valence-corrected chi connectivity index (χ4v) is 4.06. The molecule has 0 spiro atoms. The molecule has 0 bridgehead atoms. The number of fused-ring (bicyclic) bond motifs is 1. The van der Waals surface area contributed by atoms with E-state index in [4.69, 9.17) is 15.7 Å². The standard InChI is InChI=1S/C18H20N4S/c1-12-11-23-16-15(12)20-17(13-5-3-2-4-6-13)21-18(16)22-9-7-14(19)8-10-22/h2-6,11,14H,7-10,19H2,1H3. The van der Waals surface area contributed by atoms with Crippen molar-refractivity contribution in [3.63, 3.8) is 0 Å². The third-order valence-corrected chi connectivity index (χ3v) is 5.53. The van der Waals surface area contributed by atoms with Gasteiger partial charge < -0.3 is 10.6 Å². The summed E-state index contributed by atoms with van der Waals surface area (Å²) in [5.41, 5.74) is 9.42. The Kier molecular flexibility index (Phi) is 3.75. The van der Waals surface area contributed by atoms with Crippen LogP contribution in [0.4, 0.5) is 5.82 Å². The van der Waals surface area contributed by atoms with Crippen molar-refractivity contribution in [1.82, 2.24) is 9.97 Å². The fraction of sp³-hybridized carbons (Fsp3) is 0.333. The number of benzene rings is 1. The van der Waals surface area contributed by atoms with E-state index < -0.39 is 0 Å². The van der Waals surface area contributed by atoms with Gasteiger partial charge in [0.1, 0.15) is 0 Å². The number of nitrogens with zero attached hydrogens (tertiary/aromatic N) is 3. The van der Waals surface area contributed by atoms with Crippen molar-refractivity contribution in [2.24, 2.45) is 5.73 Å². The summed E-state index contributed by atoms with van der Waals surface area (Å²) in [6, 6.07) is 10.5. The maximum Gasteiger partial charge on any atom is 0.162 e. The Morgan fingerprint density at radius 1 is 1.13 bits per heavy atom. The minimum atomic E-state index is 0.322. The molecule has 23 heavy (non-hydrogen) atoms. The zero-order valence-corrected chi connectivity index (χ0v) is 14.0. The molecule has 3 aromatic rings. The molecular weight excluding hydrogens is 304 g/mol. The Hall–Kier alpha value is -1.98. The van der Waals surface area contributed by atoms with Gasteiger partial charge in [0.25, 0.3) is 0 Å². The molecule has 0 saturated carbocycles. The second-order valence-corrected chi connectivity index (χ2v) is 7.04. The van der Waals surface area contributed by atoms with E-state index >= 15 is 0 Å². The first-order chi connectivity index (χ1) is 11.2. The molecule has 1 fully saturated rings. The number of aryl methyl sites for hydroxylation is 1. The van der Waals surface area contributed by atoms with Crippen LogP contribution in [-0.4, -0.2) is 29.1 Å². The summed E-state index contributed by atoms with van der Waals surface area (Å²) in [6.07, 6.45) is 2.05. The lowest BCUT2D eigenvalue weighted by molar-refractivity contribution is 0.499. The zero-order valence-electron chi connectivity index (χ0n) is 13.2. The third-order valence-electron chi connectivity index (χ3n) is 4.45. The molecule has 0 atom stereocenters. The van der Waals surface area contributed by atoms with Gasteiger partial charge >= 0.3 is 0 Å². The minimum Gasteiger partial charge on any atom is -0.355 e. The van der Waals surface area contributed by atoms with Crippen molar-refractivity contribution in [2.45, 2.75) is 25.8 Å². The first kappa shape index (κ1) is 14.6. The lowest BCUT2D eigenvalue weighted by Gasteiger charge is -2.31. The van der Waals surface area contributed by atoms with Crippen LogP contribution in [0.3, 0.4) is 0 Å². The van der Waals surface area contributed by atoms with E-state index in [9.17, 15) is 0 Å². The van der Waals surface area contributed by atoms with E-state index in [-0.39, 0.29) is 0 Å². The molecule has 1 aromatic carbocycles. The first-order valence-electron chi connectivity index (χ1n) is 8.04. The van der Waals surface area contributed by atoms with Gasteiger partial charge in [0.15, 0.2) is 11.6 Å². The number of nitrogens with two attached hydrogens (primary N) is 1. The molecule has 1 saturated heterocycles. The maximum absolute atomic E-state index is 6.06. The van der Waals surface area contributed by atoms with Gasteiger partial charge in [0.2, 0.25) is 0 Å². The molecule has 4 nitrogen and oxygen atoms in total. The highest BCUT2D eigenvalue weighted by Crippen LogP contribution is 2.34. The predicted molar refractivity (Wildman–Crippen MR) is 97.0 cm³/mol. The smallest absolute Gasteiger partial charge is 0.162 e. The Morgan fingerprint density at radius 3 is 2.61 bits per heavy atom. The largest absolute Gasteiger partial charge is 0.355 e. The Morgan fingerprint density at radius 2 is 1.87 bits per heavy atom. The van der Waals surface area contributed by atoms with Crippen molar-refractivity contribution in [2.75, 3.05) is 18.0 Å². The van der Waals surface area contributed by atoms with Crippen molar-refractivity contribution < 1.29 is 0 Å². The minimum absolute atomic E-state index is 0.322. The van der Waals surface area contributed by atoms with Crippen LogP contribution in [0.5, 0.6) is 0 Å². The monoisotopic (exact) mass is 324 g/mol. The normalized spacial score (nSPS) is 16.2. The summed E-state index contributed by atoms with van der Waals surface area (Å²) in [7, 11) is 0. The molecule has 4 rings (SSSR count). The van der Waals surface area contributed by atoms with E-state index in [1.165, 1.54) is 10.3 Å². The summed E-state index contributed by atoms with van der Waals surface area (Å²) in [6.45, 7) is 4.06. The van der Waals surface area contributed by atoms with Crippen LogP contribution in [0, 0.1) is 6.92 Å². The van der Waals surface area contributed by atoms with Crippen molar-refractivity contribution in [3.8, 4) is 11.4 Å². The highest BCUT2D eigenvalue weighted by Gasteiger charge is 2.22. The summed E-state index contributed by atoms with van der Waals surface area (Å²) < 4.78 is 1.19. The van der Waals surface area contributed by atoms with Crippen LogP contribution in [0.25, 0.3) is 21.6 Å². The SMILES string of the molecule is Cc1csc2c(N3CCC(N)CC3)nc(-c3ccccc3)nc12. The Bertz CT molecular complexity index is 820. The summed E-state index contributed by atoms with van der Waals surface area (Å²) in [4.78, 5) is 12.1. The predicted octanol–water partition coefficient (Wildman–Crippen LogP) is 3.59. The second kappa shape index (κ2) is 5.91. The van der Waals surface area contributed by atoms with Crippen LogP contribution in [0.15, 0.2) is 35.7 Å². The molecule has 118 valence electrons. The van der Waals surface area contributed by atoms with Crippen molar-refractivity contribution in [1.29, 1.82) is 0 Å². The van der Waals surface area contributed by atoms with Crippen LogP contribution >= 0.6 is 11.3 Å². The molecule has 0 amide bonds. The molecular formula is C18H20N4S. The Balaban J connectivity index is 1.85. The number of piperidine rings is 1. The second-order valence-electron chi connectivity index (χ2n) is 6.16. The molecule has 0 radical (unpaired) electrons. The Labute approximate surface area is 140 Å². The molecule has 3 heterocycles. The van der Waals surface area contributed by atoms with Gasteiger partial charge in [-0.3, -0.25) is 0 Å². The van der Waals surface area contributed by atoms with Gasteiger partial charge in [-0.25, -0.2) is 9.97 Å². The number of rotatable bonds is 2. The number of aromatic nitrogens is 2. The van der Waals surface area contributed by atoms with Crippen LogP contribution in [-0.2, 0) is 0 Å². The highest BCUT2D eigenvalue weighted by atomic mass is 32.1. The average Bonchev–Trinajstić information content (AvgIpc) is 2.97. The number of anilines is 1. The third kappa shape index (κ3) is 2.71. The van der Waals surface area contributed by atoms with Gasteiger partial charge in [-0.1, -0.05) is 30.3 Å². The van der Waals surface area contributed by atoms with E-state index in [1.807, 2.05) is 18.2 Å². The van der Waals surface area contributed by atoms with Gasteiger partial charge in [-0.05, 0) is 30.7 Å². The average molecular weight is 324 g/mol. The molecule has 5 heteroatoms. The lowest BCUT2D eigenvalue weighted by atomic mass is 10.1. The van der Waals surface area contributed by atoms with Crippen LogP contribution in [0.2, 0.25) is 0 Å². The molecule has 0 unspecified atom stereocenters. The molecule has 2 aromatic heterocycles. The van der Waals surface area contributed by atoms with Crippen LogP contribution < -0.4 is 10.6 Å². The van der Waals surface area contributed by atoms with Crippen molar-refractivity contribution in [3.05, 3.63) is 41.3 Å². The van der Waals surface area contributed by atoms with Gasteiger partial charge in [0, 0.05) is 24.7 Å². The summed E-state index contributed by atoms with van der Waals surface area (Å²) >= 11 is 1.74. The van der Waals surface area contributed by atoms with E-state index in [0.717, 1.165) is 48.7 Å². The van der Waals surface area contributed by atoms with Gasteiger partial charge in [-0.2, -0.15) is 0 Å². The zero-order chi connectivity index (χ0) is 15.8. The molecule has 1 aliphatic heterocycles. The quantitative estimate of drug-likeness (QED) is 0.782. The van der Waals surface area contributed by atoms with E-state index in [1.54, 1.807) is 11.3 Å². The van der Waals surface area contributed by atoms with Gasteiger partial charge in [0.05, 0.1) is 10.2 Å². The molecule has 0 aliphatic carbocycles. The number of hydrogen-bond acceptors (Lipinski definition) is 5. The molecule has 2 N–H and O–H groups in total. The highest BCUT2D eigenvalue weighted by molar-refractivity contribution is 7.18. The van der Waals surface area contributed by atoms with Crippen molar-refractivity contribution >= 4 is 27.4 Å². The summed E-state index contributed by atoms with van der Waals surface area (Å²) in [5, 5.41) is 2.17. The summed E-state index contributed by atoms with van der Waals surface area (Å²) in [5.74, 6) is 1.88. The lowest BCUT2D eigenvalue weighted by Crippen LogP contribution is -2.40. The molecule has 1 aliphatic rings. The van der Waals surface area contributed by atoms with Crippen LogP contribution in [0.1, 0.15) is 18.4 Å². The fourth-order valence-electron chi connectivity index (χ4n) is 3.06. The van der Waals surface area contributed by atoms with E-state index in [2.05, 4.69) is 29.3 Å². The number of thiophene rings is 1. The van der Waals surface area contributed by atoms with Gasteiger partial charge in [-0.15, -0.1) is 11.3 Å². The maximum atomic E-state index is 6.06.